The number of hydrogen-bond acceptors (Lipinski definition) is 7. The minimum Gasteiger partial charge on any atom is -0.452 e. The fourth-order valence-electron chi connectivity index (χ4n) is 5.96. The van der Waals surface area contributed by atoms with Crippen molar-refractivity contribution in [3.8, 4) is 0 Å². The Balaban J connectivity index is 1.66. The quantitative estimate of drug-likeness (QED) is 0.402. The molecule has 4 atom stereocenters. The maximum Gasteiger partial charge on any atom is 0.420 e. The van der Waals surface area contributed by atoms with Gasteiger partial charge in [-0.3, -0.25) is 4.79 Å². The van der Waals surface area contributed by atoms with Crippen LogP contribution in [0.5, 0.6) is 0 Å². The summed E-state index contributed by atoms with van der Waals surface area (Å²) in [6, 6.07) is 9.33. The minimum absolute atomic E-state index is 0.0179. The zero-order chi connectivity index (χ0) is 30.8. The largest absolute Gasteiger partial charge is 0.452 e. The van der Waals surface area contributed by atoms with Crippen LogP contribution in [0.15, 0.2) is 42.5 Å². The number of rotatable bonds is 10. The second kappa shape index (κ2) is 13.4. The highest BCUT2D eigenvalue weighted by atomic mass is 35.5. The third-order valence-electron chi connectivity index (χ3n) is 8.12. The maximum atomic E-state index is 15.5. The van der Waals surface area contributed by atoms with Crippen molar-refractivity contribution in [3.63, 3.8) is 0 Å². The lowest BCUT2D eigenvalue weighted by atomic mass is 9.82. The molecule has 1 saturated carbocycles. The van der Waals surface area contributed by atoms with Crippen molar-refractivity contribution in [1.29, 1.82) is 0 Å². The molecule has 0 radical (unpaired) electrons. The molecule has 1 aliphatic heterocycles. The summed E-state index contributed by atoms with van der Waals surface area (Å²) in [5.74, 6) is -1.98. The summed E-state index contributed by atoms with van der Waals surface area (Å²) >= 11 is 6.22. The second-order valence-electron chi connectivity index (χ2n) is 11.5. The third kappa shape index (κ3) is 6.81. The number of benzene rings is 2. The van der Waals surface area contributed by atoms with Gasteiger partial charge in [0, 0.05) is 41.7 Å². The smallest absolute Gasteiger partial charge is 0.420 e. The van der Waals surface area contributed by atoms with Crippen molar-refractivity contribution in [2.24, 2.45) is 11.7 Å². The predicted molar refractivity (Wildman–Crippen MR) is 162 cm³/mol. The number of carbonyl (C=O) groups is 2. The fraction of sp³-hybridized carbons (Fsp3) is 0.533. The van der Waals surface area contributed by atoms with E-state index in [1.807, 2.05) is 26.8 Å². The topological polar surface area (TPSA) is 122 Å². The summed E-state index contributed by atoms with van der Waals surface area (Å²) in [5, 5.41) is 3.39. The lowest BCUT2D eigenvalue weighted by molar-refractivity contribution is -0.120. The molecule has 230 valence electrons. The number of sulfonamides is 1. The zero-order valence-electron chi connectivity index (χ0n) is 24.4. The molecule has 3 N–H and O–H groups in total. The first kappa shape index (κ1) is 32.3. The van der Waals surface area contributed by atoms with Crippen LogP contribution in [0.2, 0.25) is 5.02 Å². The lowest BCUT2D eigenvalue weighted by Crippen LogP contribution is -2.59. The highest BCUT2D eigenvalue weighted by molar-refractivity contribution is 7.90. The van der Waals surface area contributed by atoms with Crippen molar-refractivity contribution >= 4 is 39.3 Å². The minimum atomic E-state index is -3.48. The van der Waals surface area contributed by atoms with E-state index in [1.54, 1.807) is 22.5 Å². The Morgan fingerprint density at radius 2 is 1.88 bits per heavy atom. The van der Waals surface area contributed by atoms with E-state index in [4.69, 9.17) is 22.1 Å². The number of nitrogens with zero attached hydrogens (tertiary/aromatic N) is 2. The van der Waals surface area contributed by atoms with Crippen LogP contribution in [0.25, 0.3) is 0 Å². The molecule has 0 bridgehead atoms. The van der Waals surface area contributed by atoms with E-state index in [-0.39, 0.29) is 41.3 Å². The summed E-state index contributed by atoms with van der Waals surface area (Å²) in [7, 11) is -2.34. The molecule has 0 aromatic heterocycles. The van der Waals surface area contributed by atoms with Crippen molar-refractivity contribution in [3.05, 3.63) is 64.4 Å². The normalized spacial score (nSPS) is 21.1. The number of carbonyl (C=O) groups excluding carboxylic acids is 2. The number of amides is 2. The van der Waals surface area contributed by atoms with Gasteiger partial charge < -0.3 is 15.8 Å². The number of nitrogens with one attached hydrogen (secondary N) is 1. The van der Waals surface area contributed by atoms with Gasteiger partial charge in [-0.2, -0.15) is 4.31 Å². The lowest BCUT2D eigenvalue weighted by Gasteiger charge is -2.40. The van der Waals surface area contributed by atoms with Crippen LogP contribution in [-0.2, 0) is 26.0 Å². The van der Waals surface area contributed by atoms with Gasteiger partial charge in [-0.15, -0.1) is 0 Å². The van der Waals surface area contributed by atoms with Gasteiger partial charge in [0.15, 0.2) is 0 Å². The van der Waals surface area contributed by atoms with Gasteiger partial charge in [-0.25, -0.2) is 22.5 Å². The molecule has 1 aliphatic carbocycles. The Hall–Kier alpha value is -2.57. The van der Waals surface area contributed by atoms with Crippen LogP contribution >= 0.6 is 11.6 Å². The summed E-state index contributed by atoms with van der Waals surface area (Å²) in [4.78, 5) is 27.9. The van der Waals surface area contributed by atoms with Gasteiger partial charge in [0.25, 0.3) is 5.91 Å². The Morgan fingerprint density at radius 1 is 1.19 bits per heavy atom. The van der Waals surface area contributed by atoms with Crippen LogP contribution < -0.4 is 16.0 Å². The molecule has 0 spiro atoms. The third-order valence-corrected chi connectivity index (χ3v) is 10.9. The number of piperazine rings is 1. The molecule has 2 fully saturated rings. The highest BCUT2D eigenvalue weighted by Crippen LogP contribution is 2.36. The van der Waals surface area contributed by atoms with Gasteiger partial charge in [-0.1, -0.05) is 43.6 Å². The Labute approximate surface area is 252 Å². The number of halogens is 2. The SMILES string of the molecule is COC(=O)N(C(=O)[C@@H](N)[C@@H](c1cccc(Cl)c1)C(C)C)c1cccc(F)c1CC[C@H]1CNC[C@H](C)N1S(=O)(=O)C1CC1. The van der Waals surface area contributed by atoms with Crippen LogP contribution in [0.1, 0.15) is 57.1 Å². The monoisotopic (exact) mass is 622 g/mol. The highest BCUT2D eigenvalue weighted by Gasteiger charge is 2.46. The zero-order valence-corrected chi connectivity index (χ0v) is 26.0. The molecule has 2 aromatic rings. The summed E-state index contributed by atoms with van der Waals surface area (Å²) in [6.45, 7) is 6.63. The molecule has 2 aromatic carbocycles. The van der Waals surface area contributed by atoms with Crippen LogP contribution in [0.4, 0.5) is 14.9 Å². The Bertz CT molecular complexity index is 1400. The molecule has 42 heavy (non-hydrogen) atoms. The van der Waals surface area contributed by atoms with Gasteiger partial charge in [-0.05, 0) is 68.4 Å². The summed E-state index contributed by atoms with van der Waals surface area (Å²) < 4.78 is 48.5. The standard InChI is InChI=1S/C30H40ClFN4O5S/c1-18(2)27(20-7-5-8-21(31)15-20)28(33)29(37)35(30(38)41-4)26-10-6-9-25(32)24(26)14-11-22-17-34-16-19(3)36(22)42(39,40)23-12-13-23/h5-10,15,18-19,22-23,27-28,34H,11-14,16-17,33H2,1-4H3/t19-,22-,27+,28-/m0/s1. The molecule has 9 nitrogen and oxygen atoms in total. The van der Waals surface area contributed by atoms with E-state index in [0.29, 0.717) is 31.0 Å². The first-order valence-corrected chi connectivity index (χ1v) is 16.2. The molecular formula is C30H40ClFN4O5S. The molecular weight excluding hydrogens is 583 g/mol. The van der Waals surface area contributed by atoms with Gasteiger partial charge in [0.1, 0.15) is 5.82 Å². The van der Waals surface area contributed by atoms with Crippen LogP contribution in [-0.4, -0.2) is 68.3 Å². The Kier molecular flexibility index (Phi) is 10.3. The van der Waals surface area contributed by atoms with E-state index < -0.39 is 45.8 Å². The molecule has 1 heterocycles. The average molecular weight is 623 g/mol. The van der Waals surface area contributed by atoms with Gasteiger partial charge in [0.2, 0.25) is 10.0 Å². The molecule has 0 unspecified atom stereocenters. The van der Waals surface area contributed by atoms with Crippen molar-refractivity contribution in [1.82, 2.24) is 9.62 Å². The van der Waals surface area contributed by atoms with Crippen molar-refractivity contribution in [2.75, 3.05) is 25.1 Å². The summed E-state index contributed by atoms with van der Waals surface area (Å²) in [6.07, 6.45) is 0.652. The molecule has 2 aliphatic rings. The maximum absolute atomic E-state index is 15.5. The van der Waals surface area contributed by atoms with E-state index in [2.05, 4.69) is 5.32 Å². The number of nitrogens with two attached hydrogens (primary N) is 1. The molecule has 12 heteroatoms. The first-order valence-electron chi connectivity index (χ1n) is 14.3. The number of methoxy groups -OCH3 is 1. The second-order valence-corrected chi connectivity index (χ2v) is 14.1. The predicted octanol–water partition coefficient (Wildman–Crippen LogP) is 4.43. The number of anilines is 1. The number of hydrogen-bond donors (Lipinski definition) is 2. The van der Waals surface area contributed by atoms with E-state index in [9.17, 15) is 18.0 Å². The Morgan fingerprint density at radius 3 is 2.50 bits per heavy atom. The number of ether oxygens (including phenoxy) is 1. The summed E-state index contributed by atoms with van der Waals surface area (Å²) in [5.41, 5.74) is 7.41. The van der Waals surface area contributed by atoms with E-state index in [1.165, 1.54) is 18.2 Å². The molecule has 1 saturated heterocycles. The van der Waals surface area contributed by atoms with Crippen LogP contribution in [0, 0.1) is 11.7 Å². The fourth-order valence-corrected chi connectivity index (χ4v) is 8.41. The van der Waals surface area contributed by atoms with Crippen molar-refractivity contribution < 1.29 is 27.1 Å². The average Bonchev–Trinajstić information content (AvgIpc) is 3.79. The first-order chi connectivity index (χ1) is 19.9. The van der Waals surface area contributed by atoms with Gasteiger partial charge >= 0.3 is 6.09 Å². The van der Waals surface area contributed by atoms with Crippen LogP contribution in [0.3, 0.4) is 0 Å². The van der Waals surface area contributed by atoms with E-state index >= 15 is 4.39 Å². The van der Waals surface area contributed by atoms with Crippen molar-refractivity contribution in [2.45, 2.75) is 75.7 Å². The molecule has 2 amide bonds. The van der Waals surface area contributed by atoms with E-state index in [0.717, 1.165) is 17.6 Å². The molecule has 4 rings (SSSR count). The number of imide groups is 1. The van der Waals surface area contributed by atoms with Gasteiger partial charge in [0.05, 0.1) is 24.1 Å².